The van der Waals surface area contributed by atoms with Gasteiger partial charge in [0.15, 0.2) is 0 Å². The van der Waals surface area contributed by atoms with E-state index in [1.165, 1.54) is 6.07 Å². The van der Waals surface area contributed by atoms with Gasteiger partial charge < -0.3 is 15.2 Å². The van der Waals surface area contributed by atoms with Crippen molar-refractivity contribution in [3.8, 4) is 16.9 Å². The number of fused-ring (bicyclic) bond motifs is 1. The quantitative estimate of drug-likeness (QED) is 0.220. The molecule has 0 heterocycles. The first kappa shape index (κ1) is 26.4. The van der Waals surface area contributed by atoms with Crippen molar-refractivity contribution in [3.05, 3.63) is 101 Å². The summed E-state index contributed by atoms with van der Waals surface area (Å²) in [7, 11) is 0. The summed E-state index contributed by atoms with van der Waals surface area (Å²) in [5.41, 5.74) is 4.62. The fourth-order valence-electron chi connectivity index (χ4n) is 4.84. The van der Waals surface area contributed by atoms with Crippen LogP contribution < -0.4 is 10.1 Å². The Morgan fingerprint density at radius 1 is 0.973 bits per heavy atom. The number of aryl methyl sites for hydroxylation is 1. The molecule has 0 saturated heterocycles. The van der Waals surface area contributed by atoms with Crippen molar-refractivity contribution in [2.75, 3.05) is 6.61 Å². The average Bonchev–Trinajstić information content (AvgIpc) is 2.91. The van der Waals surface area contributed by atoms with Gasteiger partial charge in [-0.2, -0.15) is 0 Å². The zero-order chi connectivity index (χ0) is 26.4. The van der Waals surface area contributed by atoms with Gasteiger partial charge in [0, 0.05) is 18.5 Å². The van der Waals surface area contributed by atoms with Gasteiger partial charge in [-0.05, 0) is 102 Å². The predicted octanol–water partition coefficient (Wildman–Crippen LogP) is 7.86. The summed E-state index contributed by atoms with van der Waals surface area (Å²) in [4.78, 5) is 11.1. The summed E-state index contributed by atoms with van der Waals surface area (Å²) >= 11 is 0. The first-order chi connectivity index (χ1) is 17.9. The Morgan fingerprint density at radius 3 is 2.54 bits per heavy atom. The Labute approximate surface area is 218 Å². The number of rotatable bonds is 11. The highest BCUT2D eigenvalue weighted by atomic mass is 19.1. The van der Waals surface area contributed by atoms with Crippen LogP contribution in [0.3, 0.4) is 0 Å². The maximum atomic E-state index is 14.5. The van der Waals surface area contributed by atoms with E-state index in [-0.39, 0.29) is 30.7 Å². The number of ether oxygens (including phenoxy) is 1. The molecule has 0 aromatic heterocycles. The summed E-state index contributed by atoms with van der Waals surface area (Å²) in [6.07, 6.45) is 0.940. The third-order valence-corrected chi connectivity index (χ3v) is 6.78. The van der Waals surface area contributed by atoms with Crippen molar-refractivity contribution >= 4 is 16.7 Å². The molecular formula is C32H34FNO3. The number of carboxylic acid groups (broad SMARTS) is 1. The highest BCUT2D eigenvalue weighted by Crippen LogP contribution is 2.35. The molecule has 0 fully saturated rings. The number of carbonyl (C=O) groups is 1. The van der Waals surface area contributed by atoms with E-state index in [4.69, 9.17) is 9.84 Å². The van der Waals surface area contributed by atoms with Gasteiger partial charge >= 0.3 is 5.97 Å². The summed E-state index contributed by atoms with van der Waals surface area (Å²) < 4.78 is 20.2. The lowest BCUT2D eigenvalue weighted by Crippen LogP contribution is -2.24. The molecule has 4 nitrogen and oxygen atoms in total. The number of aliphatic carboxylic acids is 1. The molecule has 0 saturated carbocycles. The van der Waals surface area contributed by atoms with Crippen LogP contribution >= 0.6 is 0 Å². The zero-order valence-electron chi connectivity index (χ0n) is 21.6. The lowest BCUT2D eigenvalue weighted by Gasteiger charge is -2.25. The standard InChI is InChI=1S/C32H34FNO3/c1-4-31(34-21(3)22-10-8-11-27(19-22)37-5-2)26-18-23-9-6-7-12-28(23)29(20-26)24-13-15-30(33)25(17-24)14-16-32(35)36/h6-13,15,17-21,31,34H,4-5,14,16H2,1-3H3,(H,35,36)/t21-,31?/m1/s1. The second kappa shape index (κ2) is 12.0. The maximum Gasteiger partial charge on any atom is 0.303 e. The van der Waals surface area contributed by atoms with E-state index < -0.39 is 5.97 Å². The minimum atomic E-state index is -0.935. The number of halogens is 1. The second-order valence-electron chi connectivity index (χ2n) is 9.34. The highest BCUT2D eigenvalue weighted by molar-refractivity contribution is 5.97. The van der Waals surface area contributed by atoms with E-state index >= 15 is 0 Å². The normalized spacial score (nSPS) is 12.9. The minimum Gasteiger partial charge on any atom is -0.494 e. The van der Waals surface area contributed by atoms with Crippen molar-refractivity contribution in [2.24, 2.45) is 0 Å². The van der Waals surface area contributed by atoms with E-state index in [1.54, 1.807) is 12.1 Å². The van der Waals surface area contributed by atoms with Crippen molar-refractivity contribution in [3.63, 3.8) is 0 Å². The van der Waals surface area contributed by atoms with Crippen LogP contribution in [0, 0.1) is 5.82 Å². The smallest absolute Gasteiger partial charge is 0.303 e. The maximum absolute atomic E-state index is 14.5. The molecule has 1 unspecified atom stereocenters. The Morgan fingerprint density at radius 2 is 1.78 bits per heavy atom. The van der Waals surface area contributed by atoms with Gasteiger partial charge in [-0.3, -0.25) is 4.79 Å². The fourth-order valence-corrected chi connectivity index (χ4v) is 4.84. The highest BCUT2D eigenvalue weighted by Gasteiger charge is 2.18. The van der Waals surface area contributed by atoms with E-state index in [9.17, 15) is 9.18 Å². The molecule has 4 aromatic rings. The fraction of sp³-hybridized carbons (Fsp3) is 0.281. The first-order valence-electron chi connectivity index (χ1n) is 12.9. The molecule has 37 heavy (non-hydrogen) atoms. The molecule has 2 atom stereocenters. The molecule has 192 valence electrons. The number of nitrogens with one attached hydrogen (secondary N) is 1. The third-order valence-electron chi connectivity index (χ3n) is 6.78. The van der Waals surface area contributed by atoms with Crippen LogP contribution in [0.5, 0.6) is 5.75 Å². The molecule has 4 rings (SSSR count). The molecule has 4 aromatic carbocycles. The molecule has 2 N–H and O–H groups in total. The van der Waals surface area contributed by atoms with Crippen LogP contribution in [0.15, 0.2) is 78.9 Å². The molecule has 5 heteroatoms. The van der Waals surface area contributed by atoms with Crippen LogP contribution in [0.2, 0.25) is 0 Å². The molecular weight excluding hydrogens is 465 g/mol. The lowest BCUT2D eigenvalue weighted by molar-refractivity contribution is -0.136. The van der Waals surface area contributed by atoms with Gasteiger partial charge in [0.1, 0.15) is 11.6 Å². The van der Waals surface area contributed by atoms with Gasteiger partial charge in [0.05, 0.1) is 6.61 Å². The first-order valence-corrected chi connectivity index (χ1v) is 12.9. The monoisotopic (exact) mass is 499 g/mol. The summed E-state index contributed by atoms with van der Waals surface area (Å²) in [6.45, 7) is 6.93. The Balaban J connectivity index is 1.71. The number of hydrogen-bond acceptors (Lipinski definition) is 3. The molecule has 0 spiro atoms. The molecule has 0 radical (unpaired) electrons. The van der Waals surface area contributed by atoms with Gasteiger partial charge in [-0.1, -0.05) is 49.4 Å². The van der Waals surface area contributed by atoms with Crippen LogP contribution in [0.25, 0.3) is 21.9 Å². The van der Waals surface area contributed by atoms with Gasteiger partial charge in [0.25, 0.3) is 0 Å². The number of benzene rings is 4. The lowest BCUT2D eigenvalue weighted by atomic mass is 9.91. The minimum absolute atomic E-state index is 0.0982. The topological polar surface area (TPSA) is 58.6 Å². The summed E-state index contributed by atoms with van der Waals surface area (Å²) in [5.74, 6) is -0.443. The Bertz CT molecular complexity index is 1380. The third kappa shape index (κ3) is 6.36. The largest absolute Gasteiger partial charge is 0.494 e. The van der Waals surface area contributed by atoms with E-state index in [1.807, 2.05) is 31.2 Å². The van der Waals surface area contributed by atoms with Crippen LogP contribution in [-0.4, -0.2) is 17.7 Å². The summed E-state index contributed by atoms with van der Waals surface area (Å²) in [6, 6.07) is 26.0. The number of carboxylic acids is 1. The van der Waals surface area contributed by atoms with Crippen molar-refractivity contribution in [1.29, 1.82) is 0 Å². The molecule has 0 aliphatic carbocycles. The second-order valence-corrected chi connectivity index (χ2v) is 9.34. The van der Waals surface area contributed by atoms with E-state index in [2.05, 4.69) is 55.6 Å². The van der Waals surface area contributed by atoms with Gasteiger partial charge in [-0.15, -0.1) is 0 Å². The molecule has 0 aliphatic heterocycles. The Hall–Kier alpha value is -3.70. The van der Waals surface area contributed by atoms with Gasteiger partial charge in [-0.25, -0.2) is 4.39 Å². The number of hydrogen-bond donors (Lipinski definition) is 2. The van der Waals surface area contributed by atoms with Crippen molar-refractivity contribution in [2.45, 2.75) is 52.1 Å². The Kier molecular flexibility index (Phi) is 8.57. The van der Waals surface area contributed by atoms with E-state index in [0.717, 1.165) is 45.2 Å². The van der Waals surface area contributed by atoms with Gasteiger partial charge in [0.2, 0.25) is 0 Å². The zero-order valence-corrected chi connectivity index (χ0v) is 21.6. The SMILES string of the molecule is CCOc1cccc([C@@H](C)NC(CC)c2cc(-c3ccc(F)c(CCC(=O)O)c3)c3ccccc3c2)c1. The summed E-state index contributed by atoms with van der Waals surface area (Å²) in [5, 5.41) is 15.0. The van der Waals surface area contributed by atoms with Crippen LogP contribution in [0.1, 0.15) is 62.4 Å². The van der Waals surface area contributed by atoms with Crippen molar-refractivity contribution in [1.82, 2.24) is 5.32 Å². The van der Waals surface area contributed by atoms with Crippen molar-refractivity contribution < 1.29 is 19.0 Å². The molecule has 0 bridgehead atoms. The molecule has 0 amide bonds. The molecule has 0 aliphatic rings. The predicted molar refractivity (Wildman–Crippen MR) is 147 cm³/mol. The van der Waals surface area contributed by atoms with Crippen LogP contribution in [0.4, 0.5) is 4.39 Å². The van der Waals surface area contributed by atoms with Crippen LogP contribution in [-0.2, 0) is 11.2 Å². The average molecular weight is 500 g/mol. The van der Waals surface area contributed by atoms with E-state index in [0.29, 0.717) is 12.2 Å².